The van der Waals surface area contributed by atoms with Crippen LogP contribution in [-0.4, -0.2) is 20.7 Å². The Morgan fingerprint density at radius 1 is 0.931 bits per heavy atom. The maximum absolute atomic E-state index is 12.0. The van der Waals surface area contributed by atoms with Crippen LogP contribution in [0.3, 0.4) is 0 Å². The van der Waals surface area contributed by atoms with Gasteiger partial charge in [-0.05, 0) is 21.8 Å². The fraction of sp³-hybridized carbons (Fsp3) is 0.423. The number of unbranched alkanes of at least 4 members (excludes halogenated alkanes) is 3. The molecular weight excluding hydrogens is 372 g/mol. The van der Waals surface area contributed by atoms with Gasteiger partial charge in [0.25, 0.3) is 8.32 Å². The zero-order chi connectivity index (χ0) is 21.2. The zero-order valence-corrected chi connectivity index (χ0v) is 19.3. The Hall–Kier alpha value is -2.15. The van der Waals surface area contributed by atoms with Gasteiger partial charge >= 0.3 is 0 Å². The zero-order valence-electron chi connectivity index (χ0n) is 18.3. The smallest absolute Gasteiger partial charge is 0.262 e. The first-order valence-corrected chi connectivity index (χ1v) is 12.6. The second kappa shape index (κ2) is 11.1. The topological polar surface area (TPSA) is 26.3 Å². The fourth-order valence-corrected chi connectivity index (χ4v) is 8.37. The molecule has 0 unspecified atom stereocenters. The predicted molar refractivity (Wildman–Crippen MR) is 125 cm³/mol. The molecule has 0 bridgehead atoms. The first-order chi connectivity index (χ1) is 14.0. The molecule has 0 saturated carbocycles. The molecule has 0 amide bonds. The number of rotatable bonds is 9. The first kappa shape index (κ1) is 23.1. The van der Waals surface area contributed by atoms with E-state index in [1.54, 1.807) is 0 Å². The maximum atomic E-state index is 12.0. The Morgan fingerprint density at radius 2 is 1.48 bits per heavy atom. The van der Waals surface area contributed by atoms with Crippen LogP contribution in [0, 0.1) is 11.8 Å². The van der Waals surface area contributed by atoms with E-state index in [1.165, 1.54) is 23.2 Å². The third-order valence-electron chi connectivity index (χ3n) is 5.23. The van der Waals surface area contributed by atoms with E-state index in [2.05, 4.69) is 88.1 Å². The molecule has 2 aromatic rings. The third-order valence-corrected chi connectivity index (χ3v) is 10.3. The van der Waals surface area contributed by atoms with Crippen molar-refractivity contribution in [3.63, 3.8) is 0 Å². The Balaban J connectivity index is 2.40. The quantitative estimate of drug-likeness (QED) is 0.250. The lowest BCUT2D eigenvalue weighted by atomic mass is 10.2. The lowest BCUT2D eigenvalue weighted by molar-refractivity contribution is -0.113. The van der Waals surface area contributed by atoms with Crippen LogP contribution in [0.25, 0.3) is 0 Å². The Kier molecular flexibility index (Phi) is 8.88. The van der Waals surface area contributed by atoms with Gasteiger partial charge in [0.2, 0.25) is 0 Å². The van der Waals surface area contributed by atoms with Crippen LogP contribution >= 0.6 is 0 Å². The molecule has 1 atom stereocenters. The molecule has 0 aliphatic rings. The minimum absolute atomic E-state index is 0.147. The van der Waals surface area contributed by atoms with Gasteiger partial charge in [-0.25, -0.2) is 0 Å². The van der Waals surface area contributed by atoms with Gasteiger partial charge in [0.1, 0.15) is 12.4 Å². The molecule has 3 heteroatoms. The normalized spacial score (nSPS) is 12.7. The highest BCUT2D eigenvalue weighted by Gasteiger charge is 2.51. The first-order valence-electron chi connectivity index (χ1n) is 10.7. The van der Waals surface area contributed by atoms with E-state index in [-0.39, 0.29) is 5.04 Å². The summed E-state index contributed by atoms with van der Waals surface area (Å²) in [4.78, 5) is 12.0. The van der Waals surface area contributed by atoms with Crippen LogP contribution in [0.15, 0.2) is 60.7 Å². The standard InChI is InChI=1S/C26H34O2Si/c1-5-6-7-8-9-12-17-23(22-27)28-29(26(2,3)4,24-18-13-10-14-19-24)25-20-15-11-16-21-25/h10-11,13-16,18-23H,5-8,17H2,1-4H3/t23-/m1/s1. The molecule has 0 radical (unpaired) electrons. The summed E-state index contributed by atoms with van der Waals surface area (Å²) < 4.78 is 6.82. The van der Waals surface area contributed by atoms with E-state index in [9.17, 15) is 4.79 Å². The van der Waals surface area contributed by atoms with Gasteiger partial charge in [-0.15, -0.1) is 11.8 Å². The van der Waals surface area contributed by atoms with Crippen molar-refractivity contribution in [3.8, 4) is 11.8 Å². The van der Waals surface area contributed by atoms with Gasteiger partial charge in [0, 0.05) is 12.8 Å². The third kappa shape index (κ3) is 5.92. The molecular formula is C26H34O2Si. The van der Waals surface area contributed by atoms with E-state index >= 15 is 0 Å². The number of benzene rings is 2. The lowest BCUT2D eigenvalue weighted by Crippen LogP contribution is -2.67. The minimum Gasteiger partial charge on any atom is -0.397 e. The molecule has 154 valence electrons. The average molecular weight is 407 g/mol. The monoisotopic (exact) mass is 406 g/mol. The van der Waals surface area contributed by atoms with Crippen molar-refractivity contribution in [2.24, 2.45) is 0 Å². The van der Waals surface area contributed by atoms with Gasteiger partial charge in [-0.1, -0.05) is 101 Å². The number of hydrogen-bond acceptors (Lipinski definition) is 2. The minimum atomic E-state index is -2.71. The highest BCUT2D eigenvalue weighted by Crippen LogP contribution is 2.37. The van der Waals surface area contributed by atoms with E-state index in [1.807, 2.05) is 12.1 Å². The molecule has 0 saturated heterocycles. The molecule has 2 aromatic carbocycles. The van der Waals surface area contributed by atoms with Crippen molar-refractivity contribution in [3.05, 3.63) is 60.7 Å². The molecule has 29 heavy (non-hydrogen) atoms. The number of hydrogen-bond donors (Lipinski definition) is 0. The number of aldehydes is 1. The predicted octanol–water partition coefficient (Wildman–Crippen LogP) is 5.10. The van der Waals surface area contributed by atoms with Crippen LogP contribution in [0.1, 0.15) is 59.8 Å². The van der Waals surface area contributed by atoms with E-state index < -0.39 is 14.4 Å². The number of carbonyl (C=O) groups is 1. The Bertz CT molecular complexity index is 758. The number of carbonyl (C=O) groups excluding carboxylic acids is 1. The van der Waals surface area contributed by atoms with Crippen LogP contribution in [0.5, 0.6) is 0 Å². The van der Waals surface area contributed by atoms with Gasteiger partial charge in [0.05, 0.1) is 0 Å². The summed E-state index contributed by atoms with van der Waals surface area (Å²) in [6, 6.07) is 20.8. The molecule has 0 aliphatic heterocycles. The summed E-state index contributed by atoms with van der Waals surface area (Å²) >= 11 is 0. The van der Waals surface area contributed by atoms with Gasteiger partial charge in [-0.2, -0.15) is 0 Å². The molecule has 2 rings (SSSR count). The molecule has 0 aromatic heterocycles. The average Bonchev–Trinajstić information content (AvgIpc) is 2.73. The largest absolute Gasteiger partial charge is 0.397 e. The van der Waals surface area contributed by atoms with Crippen molar-refractivity contribution >= 4 is 25.0 Å². The second-order valence-corrected chi connectivity index (χ2v) is 12.7. The summed E-state index contributed by atoms with van der Waals surface area (Å²) in [6.45, 7) is 8.85. The van der Waals surface area contributed by atoms with Crippen molar-refractivity contribution in [2.45, 2.75) is 70.9 Å². The van der Waals surface area contributed by atoms with Crippen molar-refractivity contribution < 1.29 is 9.22 Å². The maximum Gasteiger partial charge on any atom is 0.262 e. The Labute approximate surface area is 177 Å². The van der Waals surface area contributed by atoms with Crippen LogP contribution < -0.4 is 10.4 Å². The highest BCUT2D eigenvalue weighted by atomic mass is 28.4. The molecule has 0 spiro atoms. The van der Waals surface area contributed by atoms with Crippen LogP contribution in [0.2, 0.25) is 5.04 Å². The highest BCUT2D eigenvalue weighted by molar-refractivity contribution is 6.99. The van der Waals surface area contributed by atoms with Crippen molar-refractivity contribution in [1.82, 2.24) is 0 Å². The van der Waals surface area contributed by atoms with Crippen LogP contribution in [-0.2, 0) is 9.22 Å². The second-order valence-electron chi connectivity index (χ2n) is 8.47. The summed E-state index contributed by atoms with van der Waals surface area (Å²) in [5, 5.41) is 2.22. The van der Waals surface area contributed by atoms with Gasteiger partial charge in [-0.3, -0.25) is 0 Å². The lowest BCUT2D eigenvalue weighted by Gasteiger charge is -2.44. The van der Waals surface area contributed by atoms with E-state index in [0.717, 1.165) is 19.1 Å². The summed E-state index contributed by atoms with van der Waals surface area (Å²) in [6.07, 6.45) is 5.24. The Morgan fingerprint density at radius 3 is 1.93 bits per heavy atom. The molecule has 0 fully saturated rings. The van der Waals surface area contributed by atoms with Crippen LogP contribution in [0.4, 0.5) is 0 Å². The summed E-state index contributed by atoms with van der Waals surface area (Å²) in [5.41, 5.74) is 0. The molecule has 0 N–H and O–H groups in total. The molecule has 0 aliphatic carbocycles. The van der Waals surface area contributed by atoms with Gasteiger partial charge in [0.15, 0.2) is 0 Å². The molecule has 2 nitrogen and oxygen atoms in total. The summed E-state index contributed by atoms with van der Waals surface area (Å²) in [7, 11) is -2.71. The van der Waals surface area contributed by atoms with Gasteiger partial charge < -0.3 is 9.22 Å². The summed E-state index contributed by atoms with van der Waals surface area (Å²) in [5.74, 6) is 6.40. The molecule has 0 heterocycles. The van der Waals surface area contributed by atoms with E-state index in [0.29, 0.717) is 6.42 Å². The van der Waals surface area contributed by atoms with E-state index in [4.69, 9.17) is 4.43 Å². The van der Waals surface area contributed by atoms with Crippen molar-refractivity contribution in [1.29, 1.82) is 0 Å². The van der Waals surface area contributed by atoms with Crippen molar-refractivity contribution in [2.75, 3.05) is 0 Å². The fourth-order valence-electron chi connectivity index (χ4n) is 3.76. The SMILES string of the molecule is CCCCCC#CC[C@H](C=O)O[Si](c1ccccc1)(c1ccccc1)C(C)(C)C.